The van der Waals surface area contributed by atoms with Crippen LogP contribution in [0, 0.1) is 11.8 Å². The monoisotopic (exact) mass is 256 g/mol. The van der Waals surface area contributed by atoms with E-state index in [1.165, 1.54) is 29.6 Å². The summed E-state index contributed by atoms with van der Waals surface area (Å²) >= 11 is 0. The number of rotatable bonds is 8. The molecule has 0 nitrogen and oxygen atoms in total. The van der Waals surface area contributed by atoms with Crippen molar-refractivity contribution in [2.75, 3.05) is 0 Å². The molecule has 0 saturated heterocycles. The quantitative estimate of drug-likeness (QED) is 0.492. The molecule has 0 saturated carbocycles. The molecule has 2 atom stereocenters. The Labute approximate surface area is 119 Å². The Morgan fingerprint density at radius 3 is 2.26 bits per heavy atom. The van der Waals surface area contributed by atoms with Crippen LogP contribution in [0.5, 0.6) is 0 Å². The van der Waals surface area contributed by atoms with Gasteiger partial charge in [0.05, 0.1) is 0 Å². The molecule has 2 unspecified atom stereocenters. The predicted octanol–water partition coefficient (Wildman–Crippen LogP) is 6.11. The van der Waals surface area contributed by atoms with Crippen molar-refractivity contribution in [1.82, 2.24) is 0 Å². The lowest BCUT2D eigenvalue weighted by atomic mass is 9.84. The number of benzene rings is 1. The molecule has 0 aliphatic carbocycles. The molecular weight excluding hydrogens is 228 g/mol. The molecule has 0 aliphatic heterocycles. The summed E-state index contributed by atoms with van der Waals surface area (Å²) in [7, 11) is 0. The van der Waals surface area contributed by atoms with E-state index in [0.717, 1.165) is 18.8 Å². The van der Waals surface area contributed by atoms with Crippen LogP contribution in [-0.2, 0) is 0 Å². The van der Waals surface area contributed by atoms with Crippen LogP contribution in [0.15, 0.2) is 49.1 Å². The van der Waals surface area contributed by atoms with E-state index in [1.54, 1.807) is 0 Å². The fourth-order valence-electron chi connectivity index (χ4n) is 2.47. The van der Waals surface area contributed by atoms with E-state index in [9.17, 15) is 0 Å². The van der Waals surface area contributed by atoms with Gasteiger partial charge >= 0.3 is 0 Å². The van der Waals surface area contributed by atoms with Gasteiger partial charge in [0.15, 0.2) is 0 Å². The van der Waals surface area contributed by atoms with Gasteiger partial charge in [-0.25, -0.2) is 0 Å². The Bertz CT molecular complexity index is 399. The lowest BCUT2D eigenvalue weighted by Crippen LogP contribution is -2.10. The Hall–Kier alpha value is -1.30. The van der Waals surface area contributed by atoms with Gasteiger partial charge < -0.3 is 0 Å². The van der Waals surface area contributed by atoms with E-state index in [1.807, 2.05) is 6.07 Å². The highest BCUT2D eigenvalue weighted by Gasteiger charge is 2.14. The Morgan fingerprint density at radius 1 is 1.05 bits per heavy atom. The standard InChI is InChI=1S/C19H28/c1-6-10-15(2)18(5)16(3)13-14-17(4)19-11-8-7-9-12-19/h7-9,11-12,15,18H,3-4,6,10,13-14H2,1-2,5H3. The summed E-state index contributed by atoms with van der Waals surface area (Å²) < 4.78 is 0. The summed E-state index contributed by atoms with van der Waals surface area (Å²) in [6, 6.07) is 10.5. The van der Waals surface area contributed by atoms with Crippen molar-refractivity contribution < 1.29 is 0 Å². The van der Waals surface area contributed by atoms with Crippen molar-refractivity contribution in [3.8, 4) is 0 Å². The lowest BCUT2D eigenvalue weighted by Gasteiger charge is -2.22. The molecule has 0 heterocycles. The predicted molar refractivity (Wildman–Crippen MR) is 87.1 cm³/mol. The van der Waals surface area contributed by atoms with Crippen LogP contribution in [0.25, 0.3) is 5.57 Å². The van der Waals surface area contributed by atoms with Crippen LogP contribution >= 0.6 is 0 Å². The SMILES string of the molecule is C=C(CCC(=C)C(C)C(C)CCC)c1ccccc1. The second-order valence-corrected chi connectivity index (χ2v) is 5.68. The van der Waals surface area contributed by atoms with E-state index in [0.29, 0.717) is 5.92 Å². The van der Waals surface area contributed by atoms with Gasteiger partial charge in [-0.1, -0.05) is 82.7 Å². The van der Waals surface area contributed by atoms with E-state index in [2.05, 4.69) is 58.2 Å². The summed E-state index contributed by atoms with van der Waals surface area (Å²) in [6.45, 7) is 15.4. The van der Waals surface area contributed by atoms with Gasteiger partial charge in [0, 0.05) is 0 Å². The third kappa shape index (κ3) is 5.06. The van der Waals surface area contributed by atoms with Crippen molar-refractivity contribution in [1.29, 1.82) is 0 Å². The van der Waals surface area contributed by atoms with Crippen molar-refractivity contribution >= 4 is 5.57 Å². The molecule has 0 N–H and O–H groups in total. The molecule has 0 heteroatoms. The van der Waals surface area contributed by atoms with Crippen molar-refractivity contribution in [2.45, 2.75) is 46.5 Å². The first-order valence-electron chi connectivity index (χ1n) is 7.47. The fourth-order valence-corrected chi connectivity index (χ4v) is 2.47. The Morgan fingerprint density at radius 2 is 1.68 bits per heavy atom. The summed E-state index contributed by atoms with van der Waals surface area (Å²) in [4.78, 5) is 0. The second kappa shape index (κ2) is 7.99. The molecule has 19 heavy (non-hydrogen) atoms. The molecule has 0 bridgehead atoms. The van der Waals surface area contributed by atoms with Gasteiger partial charge in [-0.2, -0.15) is 0 Å². The third-order valence-corrected chi connectivity index (χ3v) is 4.17. The normalized spacial score (nSPS) is 13.8. The molecule has 0 aliphatic rings. The Kier molecular flexibility index (Phi) is 6.62. The first-order valence-corrected chi connectivity index (χ1v) is 7.47. The van der Waals surface area contributed by atoms with E-state index >= 15 is 0 Å². The summed E-state index contributed by atoms with van der Waals surface area (Å²) in [5.41, 5.74) is 3.85. The molecule has 0 aromatic heterocycles. The van der Waals surface area contributed by atoms with Crippen molar-refractivity contribution in [3.63, 3.8) is 0 Å². The van der Waals surface area contributed by atoms with Crippen LogP contribution in [-0.4, -0.2) is 0 Å². The summed E-state index contributed by atoms with van der Waals surface area (Å²) in [6.07, 6.45) is 4.63. The molecule has 104 valence electrons. The maximum Gasteiger partial charge on any atom is -0.0209 e. The molecular formula is C19H28. The van der Waals surface area contributed by atoms with Crippen molar-refractivity contribution in [3.05, 3.63) is 54.6 Å². The van der Waals surface area contributed by atoms with Gasteiger partial charge in [0.2, 0.25) is 0 Å². The van der Waals surface area contributed by atoms with E-state index in [4.69, 9.17) is 0 Å². The minimum absolute atomic E-state index is 0.614. The minimum Gasteiger partial charge on any atom is -0.0996 e. The number of allylic oxidation sites excluding steroid dienone is 2. The fraction of sp³-hybridized carbons (Fsp3) is 0.474. The van der Waals surface area contributed by atoms with Crippen LogP contribution in [0.3, 0.4) is 0 Å². The number of hydrogen-bond donors (Lipinski definition) is 0. The van der Waals surface area contributed by atoms with Crippen LogP contribution in [0.1, 0.15) is 52.0 Å². The average Bonchev–Trinajstić information content (AvgIpc) is 2.44. The highest BCUT2D eigenvalue weighted by Crippen LogP contribution is 2.28. The summed E-state index contributed by atoms with van der Waals surface area (Å²) in [5.74, 6) is 1.35. The number of hydrogen-bond acceptors (Lipinski definition) is 0. The topological polar surface area (TPSA) is 0 Å². The second-order valence-electron chi connectivity index (χ2n) is 5.68. The largest absolute Gasteiger partial charge is 0.0996 e. The lowest BCUT2D eigenvalue weighted by molar-refractivity contribution is 0.400. The first kappa shape index (κ1) is 15.8. The highest BCUT2D eigenvalue weighted by atomic mass is 14.2. The smallest absolute Gasteiger partial charge is 0.0209 e. The molecule has 1 rings (SSSR count). The van der Waals surface area contributed by atoms with E-state index in [-0.39, 0.29) is 0 Å². The zero-order chi connectivity index (χ0) is 14.3. The van der Waals surface area contributed by atoms with Crippen LogP contribution < -0.4 is 0 Å². The van der Waals surface area contributed by atoms with E-state index < -0.39 is 0 Å². The van der Waals surface area contributed by atoms with Gasteiger partial charge in [0.1, 0.15) is 0 Å². The van der Waals surface area contributed by atoms with Crippen LogP contribution in [0.4, 0.5) is 0 Å². The zero-order valence-electron chi connectivity index (χ0n) is 12.8. The molecule has 1 aromatic carbocycles. The van der Waals surface area contributed by atoms with Crippen LogP contribution in [0.2, 0.25) is 0 Å². The molecule has 0 radical (unpaired) electrons. The molecule has 1 aromatic rings. The minimum atomic E-state index is 0.614. The zero-order valence-corrected chi connectivity index (χ0v) is 12.8. The summed E-state index contributed by atoms with van der Waals surface area (Å²) in [5, 5.41) is 0. The maximum atomic E-state index is 4.28. The first-order chi connectivity index (χ1) is 9.06. The highest BCUT2D eigenvalue weighted by molar-refractivity contribution is 5.63. The average molecular weight is 256 g/mol. The van der Waals surface area contributed by atoms with Gasteiger partial charge in [-0.3, -0.25) is 0 Å². The molecule has 0 spiro atoms. The third-order valence-electron chi connectivity index (χ3n) is 4.17. The molecule has 0 amide bonds. The maximum absolute atomic E-state index is 4.28. The van der Waals surface area contributed by atoms with Gasteiger partial charge in [0.25, 0.3) is 0 Å². The molecule has 0 fully saturated rings. The van der Waals surface area contributed by atoms with Gasteiger partial charge in [-0.15, -0.1) is 0 Å². The van der Waals surface area contributed by atoms with Gasteiger partial charge in [-0.05, 0) is 35.8 Å². The van der Waals surface area contributed by atoms with Crippen molar-refractivity contribution in [2.24, 2.45) is 11.8 Å². The Balaban J connectivity index is 2.44.